The van der Waals surface area contributed by atoms with Gasteiger partial charge in [0.05, 0.1) is 13.7 Å². The maximum absolute atomic E-state index is 5.64. The molecule has 15 heavy (non-hydrogen) atoms. The quantitative estimate of drug-likeness (QED) is 0.779. The second kappa shape index (κ2) is 6.30. The summed E-state index contributed by atoms with van der Waals surface area (Å²) in [6.45, 7) is 3.64. The standard InChI is InChI=1S/C12H19NO2/c1-4-7-15-12-6-5-11(14-3)8-10(12)9-13-2/h5-6,8,13H,4,7,9H2,1-3H3. The van der Waals surface area contributed by atoms with Crippen LogP contribution in [0.3, 0.4) is 0 Å². The van der Waals surface area contributed by atoms with Crippen molar-refractivity contribution in [2.24, 2.45) is 0 Å². The van der Waals surface area contributed by atoms with E-state index in [0.29, 0.717) is 0 Å². The molecule has 0 atom stereocenters. The zero-order valence-corrected chi connectivity index (χ0v) is 9.67. The molecule has 0 aliphatic heterocycles. The van der Waals surface area contributed by atoms with E-state index in [1.54, 1.807) is 7.11 Å². The van der Waals surface area contributed by atoms with Gasteiger partial charge in [0.15, 0.2) is 0 Å². The smallest absolute Gasteiger partial charge is 0.124 e. The number of methoxy groups -OCH3 is 1. The first-order valence-corrected chi connectivity index (χ1v) is 5.26. The fourth-order valence-corrected chi connectivity index (χ4v) is 1.36. The number of rotatable bonds is 6. The van der Waals surface area contributed by atoms with Crippen molar-refractivity contribution in [3.8, 4) is 11.5 Å². The van der Waals surface area contributed by atoms with Crippen molar-refractivity contribution in [2.45, 2.75) is 19.9 Å². The Morgan fingerprint density at radius 3 is 2.73 bits per heavy atom. The highest BCUT2D eigenvalue weighted by Gasteiger charge is 2.04. The van der Waals surface area contributed by atoms with E-state index in [4.69, 9.17) is 9.47 Å². The summed E-state index contributed by atoms with van der Waals surface area (Å²) in [5.41, 5.74) is 1.13. The summed E-state index contributed by atoms with van der Waals surface area (Å²) in [6, 6.07) is 5.88. The van der Waals surface area contributed by atoms with E-state index in [-0.39, 0.29) is 0 Å². The molecule has 1 N–H and O–H groups in total. The molecule has 3 nitrogen and oxygen atoms in total. The molecule has 0 aliphatic rings. The second-order valence-corrected chi connectivity index (χ2v) is 3.35. The van der Waals surface area contributed by atoms with Crippen LogP contribution in [0.5, 0.6) is 11.5 Å². The van der Waals surface area contributed by atoms with Crippen molar-refractivity contribution in [2.75, 3.05) is 20.8 Å². The molecular formula is C12H19NO2. The molecule has 0 fully saturated rings. The summed E-state index contributed by atoms with van der Waals surface area (Å²) in [4.78, 5) is 0. The molecule has 0 bridgehead atoms. The molecule has 0 saturated carbocycles. The van der Waals surface area contributed by atoms with Gasteiger partial charge in [-0.25, -0.2) is 0 Å². The molecule has 0 aliphatic carbocycles. The lowest BCUT2D eigenvalue weighted by molar-refractivity contribution is 0.312. The first-order chi connectivity index (χ1) is 7.31. The van der Waals surface area contributed by atoms with Crippen LogP contribution in [0.2, 0.25) is 0 Å². The lowest BCUT2D eigenvalue weighted by Crippen LogP contribution is -2.08. The number of nitrogens with one attached hydrogen (secondary N) is 1. The van der Waals surface area contributed by atoms with Gasteiger partial charge in [0.1, 0.15) is 11.5 Å². The van der Waals surface area contributed by atoms with Crippen molar-refractivity contribution in [1.29, 1.82) is 0 Å². The van der Waals surface area contributed by atoms with Gasteiger partial charge in [-0.05, 0) is 31.7 Å². The van der Waals surface area contributed by atoms with E-state index in [0.717, 1.165) is 36.6 Å². The molecule has 1 aromatic rings. The van der Waals surface area contributed by atoms with Gasteiger partial charge >= 0.3 is 0 Å². The molecule has 1 rings (SSSR count). The second-order valence-electron chi connectivity index (χ2n) is 3.35. The van der Waals surface area contributed by atoms with E-state index >= 15 is 0 Å². The van der Waals surface area contributed by atoms with Crippen LogP contribution in [0.25, 0.3) is 0 Å². The molecule has 0 radical (unpaired) electrons. The largest absolute Gasteiger partial charge is 0.497 e. The molecule has 1 aromatic carbocycles. The van der Waals surface area contributed by atoms with Gasteiger partial charge in [0, 0.05) is 12.1 Å². The molecule has 0 spiro atoms. The summed E-state index contributed by atoms with van der Waals surface area (Å²) < 4.78 is 10.8. The van der Waals surface area contributed by atoms with Crippen molar-refractivity contribution in [3.05, 3.63) is 23.8 Å². The minimum Gasteiger partial charge on any atom is -0.497 e. The van der Waals surface area contributed by atoms with Crippen LogP contribution < -0.4 is 14.8 Å². The van der Waals surface area contributed by atoms with E-state index in [2.05, 4.69) is 12.2 Å². The van der Waals surface area contributed by atoms with Crippen LogP contribution in [0.4, 0.5) is 0 Å². The Hall–Kier alpha value is -1.22. The van der Waals surface area contributed by atoms with Gasteiger partial charge in [-0.3, -0.25) is 0 Å². The summed E-state index contributed by atoms with van der Waals surface area (Å²) in [5, 5.41) is 3.12. The van der Waals surface area contributed by atoms with Crippen molar-refractivity contribution in [1.82, 2.24) is 5.32 Å². The van der Waals surface area contributed by atoms with E-state index in [1.165, 1.54) is 0 Å². The van der Waals surface area contributed by atoms with E-state index in [9.17, 15) is 0 Å². The highest BCUT2D eigenvalue weighted by Crippen LogP contribution is 2.24. The monoisotopic (exact) mass is 209 g/mol. The van der Waals surface area contributed by atoms with Crippen LogP contribution in [0.1, 0.15) is 18.9 Å². The maximum Gasteiger partial charge on any atom is 0.124 e. The molecule has 0 amide bonds. The number of benzene rings is 1. The Morgan fingerprint density at radius 2 is 2.13 bits per heavy atom. The normalized spacial score (nSPS) is 10.1. The van der Waals surface area contributed by atoms with Crippen LogP contribution in [0, 0.1) is 0 Å². The Labute approximate surface area is 91.4 Å². The first-order valence-electron chi connectivity index (χ1n) is 5.26. The molecular weight excluding hydrogens is 190 g/mol. The number of hydrogen-bond acceptors (Lipinski definition) is 3. The molecule has 3 heteroatoms. The van der Waals surface area contributed by atoms with Crippen LogP contribution in [-0.2, 0) is 6.54 Å². The lowest BCUT2D eigenvalue weighted by Gasteiger charge is -2.12. The van der Waals surface area contributed by atoms with Crippen molar-refractivity contribution < 1.29 is 9.47 Å². The molecule has 0 unspecified atom stereocenters. The van der Waals surface area contributed by atoms with Gasteiger partial charge in [-0.2, -0.15) is 0 Å². The predicted molar refractivity (Wildman–Crippen MR) is 61.5 cm³/mol. The first kappa shape index (κ1) is 11.9. The van der Waals surface area contributed by atoms with E-state index in [1.807, 2.05) is 25.2 Å². The zero-order chi connectivity index (χ0) is 11.1. The average Bonchev–Trinajstić information content (AvgIpc) is 2.27. The molecule has 0 aromatic heterocycles. The zero-order valence-electron chi connectivity index (χ0n) is 9.67. The topological polar surface area (TPSA) is 30.5 Å². The minimum absolute atomic E-state index is 0.753. The predicted octanol–water partition coefficient (Wildman–Crippen LogP) is 2.20. The Kier molecular flexibility index (Phi) is 4.98. The molecule has 84 valence electrons. The SMILES string of the molecule is CCCOc1ccc(OC)cc1CNC. The average molecular weight is 209 g/mol. The van der Waals surface area contributed by atoms with Crippen molar-refractivity contribution in [3.63, 3.8) is 0 Å². The van der Waals surface area contributed by atoms with Gasteiger partial charge in [0.25, 0.3) is 0 Å². The Morgan fingerprint density at radius 1 is 1.33 bits per heavy atom. The van der Waals surface area contributed by atoms with E-state index < -0.39 is 0 Å². The summed E-state index contributed by atoms with van der Waals surface area (Å²) in [5.74, 6) is 1.80. The van der Waals surface area contributed by atoms with Crippen molar-refractivity contribution >= 4 is 0 Å². The van der Waals surface area contributed by atoms with Crippen LogP contribution in [-0.4, -0.2) is 20.8 Å². The Bertz CT molecular complexity index is 300. The summed E-state index contributed by atoms with van der Waals surface area (Å²) in [6.07, 6.45) is 1.02. The third-order valence-electron chi connectivity index (χ3n) is 2.10. The fourth-order valence-electron chi connectivity index (χ4n) is 1.36. The number of hydrogen-bond donors (Lipinski definition) is 1. The van der Waals surface area contributed by atoms with Gasteiger partial charge in [-0.1, -0.05) is 6.92 Å². The number of ether oxygens (including phenoxy) is 2. The minimum atomic E-state index is 0.753. The maximum atomic E-state index is 5.64. The summed E-state index contributed by atoms with van der Waals surface area (Å²) in [7, 11) is 3.59. The highest BCUT2D eigenvalue weighted by molar-refractivity contribution is 5.40. The molecule has 0 saturated heterocycles. The van der Waals surface area contributed by atoms with Crippen LogP contribution >= 0.6 is 0 Å². The lowest BCUT2D eigenvalue weighted by atomic mass is 10.2. The third-order valence-corrected chi connectivity index (χ3v) is 2.10. The van der Waals surface area contributed by atoms with Gasteiger partial charge < -0.3 is 14.8 Å². The molecule has 0 heterocycles. The van der Waals surface area contributed by atoms with Gasteiger partial charge in [0.2, 0.25) is 0 Å². The highest BCUT2D eigenvalue weighted by atomic mass is 16.5. The summed E-state index contributed by atoms with van der Waals surface area (Å²) >= 11 is 0. The van der Waals surface area contributed by atoms with Crippen LogP contribution in [0.15, 0.2) is 18.2 Å². The third kappa shape index (κ3) is 3.44. The van der Waals surface area contributed by atoms with Gasteiger partial charge in [-0.15, -0.1) is 0 Å². The Balaban J connectivity index is 2.82. The fraction of sp³-hybridized carbons (Fsp3) is 0.500.